The molecule has 3 aromatic heterocycles. The molecule has 148 valence electrons. The molecular weight excluding hydrogens is 410 g/mol. The van der Waals surface area contributed by atoms with Gasteiger partial charge in [0.1, 0.15) is 9.92 Å². The lowest BCUT2D eigenvalue weighted by Gasteiger charge is -2.07. The zero-order valence-corrected chi connectivity index (χ0v) is 17.3. The first-order valence-corrected chi connectivity index (χ1v) is 10.5. The molecule has 4 rings (SSSR count). The summed E-state index contributed by atoms with van der Waals surface area (Å²) in [6.45, 7) is 1.96. The third-order valence-electron chi connectivity index (χ3n) is 3.97. The van der Waals surface area contributed by atoms with Crippen molar-refractivity contribution in [3.05, 3.63) is 58.9 Å². The van der Waals surface area contributed by atoms with Gasteiger partial charge < -0.3 is 9.15 Å². The molecule has 0 radical (unpaired) electrons. The maximum atomic E-state index is 12.8. The maximum absolute atomic E-state index is 12.8. The van der Waals surface area contributed by atoms with Crippen LogP contribution in [0.4, 0.5) is 5.95 Å². The van der Waals surface area contributed by atoms with E-state index >= 15 is 0 Å². The number of furan rings is 1. The molecule has 0 aliphatic heterocycles. The fourth-order valence-corrected chi connectivity index (χ4v) is 4.52. The highest BCUT2D eigenvalue weighted by atomic mass is 32.2. The highest BCUT2D eigenvalue weighted by Gasteiger charge is 2.21. The van der Waals surface area contributed by atoms with Crippen LogP contribution in [0.15, 0.2) is 50.7 Å². The first-order valence-electron chi connectivity index (χ1n) is 8.63. The van der Waals surface area contributed by atoms with Crippen LogP contribution in [0, 0.1) is 6.92 Å². The number of hydrogen-bond donors (Lipinski definition) is 2. The fraction of sp³-hybridized carbons (Fsp3) is 0.158. The number of nitrogens with one attached hydrogen (secondary N) is 2. The number of aromatic nitrogens is 3. The molecule has 0 fully saturated rings. The van der Waals surface area contributed by atoms with Crippen molar-refractivity contribution in [2.75, 3.05) is 12.5 Å². The van der Waals surface area contributed by atoms with Crippen LogP contribution in [0.25, 0.3) is 11.0 Å². The number of amides is 1. The first-order chi connectivity index (χ1) is 14.1. The minimum absolute atomic E-state index is 0.211. The van der Waals surface area contributed by atoms with Crippen molar-refractivity contribution in [2.24, 2.45) is 0 Å². The van der Waals surface area contributed by atoms with Gasteiger partial charge in [0.05, 0.1) is 7.11 Å². The number of carbonyl (C=O) groups excluding carboxylic acids is 1. The molecule has 1 amide bonds. The van der Waals surface area contributed by atoms with E-state index in [0.717, 1.165) is 21.0 Å². The van der Waals surface area contributed by atoms with E-state index in [-0.39, 0.29) is 11.7 Å². The van der Waals surface area contributed by atoms with E-state index in [1.807, 2.05) is 36.6 Å². The summed E-state index contributed by atoms with van der Waals surface area (Å²) in [5, 5.41) is 2.90. The van der Waals surface area contributed by atoms with E-state index in [1.54, 1.807) is 29.2 Å². The molecule has 8 nitrogen and oxygen atoms in total. The first kappa shape index (κ1) is 19.2. The van der Waals surface area contributed by atoms with Gasteiger partial charge in [-0.05, 0) is 13.0 Å². The summed E-state index contributed by atoms with van der Waals surface area (Å²) in [7, 11) is 1.51. The number of nitrogens with zero attached hydrogens (tertiary/aromatic N) is 3. The maximum Gasteiger partial charge on any atom is 0.305 e. The fourth-order valence-electron chi connectivity index (χ4n) is 2.64. The Hall–Kier alpha value is -3.11. The number of thiazole rings is 1. The molecule has 0 aliphatic carbocycles. The van der Waals surface area contributed by atoms with E-state index in [2.05, 4.69) is 25.8 Å². The quantitative estimate of drug-likeness (QED) is 0.336. The van der Waals surface area contributed by atoms with Crippen molar-refractivity contribution in [2.45, 2.75) is 17.0 Å². The Balaban J connectivity index is 1.55. The summed E-state index contributed by atoms with van der Waals surface area (Å²) in [6, 6.07) is 9.19. The molecule has 3 heterocycles. The Morgan fingerprint density at radius 1 is 1.28 bits per heavy atom. The number of hydrogen-bond acceptors (Lipinski definition) is 9. The topological polar surface area (TPSA) is 102 Å². The van der Waals surface area contributed by atoms with Gasteiger partial charge in [-0.2, -0.15) is 4.98 Å². The standard InChI is InChI=1S/C19H17N5O3S2/c1-11-9-28-19(21-11)29-10-13-12-5-3-4-6-14(12)27-16(13)17(25)23-24-18-20-8-7-15(22-18)26-2/h3-9H,10H2,1-2H3,(H,23,25)(H,20,22,24). The summed E-state index contributed by atoms with van der Waals surface area (Å²) >= 11 is 3.15. The predicted molar refractivity (Wildman–Crippen MR) is 112 cm³/mol. The highest BCUT2D eigenvalue weighted by Crippen LogP contribution is 2.33. The summed E-state index contributed by atoms with van der Waals surface area (Å²) in [5.74, 6) is 0.975. The smallest absolute Gasteiger partial charge is 0.305 e. The van der Waals surface area contributed by atoms with Crippen molar-refractivity contribution in [1.82, 2.24) is 20.4 Å². The van der Waals surface area contributed by atoms with Crippen LogP contribution in [0.2, 0.25) is 0 Å². The van der Waals surface area contributed by atoms with Gasteiger partial charge in [-0.15, -0.1) is 11.3 Å². The van der Waals surface area contributed by atoms with Crippen molar-refractivity contribution >= 4 is 45.9 Å². The van der Waals surface area contributed by atoms with E-state index in [0.29, 0.717) is 17.2 Å². The average Bonchev–Trinajstić information content (AvgIpc) is 3.33. The van der Waals surface area contributed by atoms with Crippen molar-refractivity contribution in [3.63, 3.8) is 0 Å². The van der Waals surface area contributed by atoms with Crippen LogP contribution in [-0.2, 0) is 5.75 Å². The van der Waals surface area contributed by atoms with Crippen LogP contribution in [-0.4, -0.2) is 28.0 Å². The second kappa shape index (κ2) is 8.50. The number of para-hydroxylation sites is 1. The molecule has 0 saturated carbocycles. The van der Waals surface area contributed by atoms with Crippen LogP contribution in [0.5, 0.6) is 5.88 Å². The number of carbonyl (C=O) groups is 1. The van der Waals surface area contributed by atoms with Crippen LogP contribution in [0.3, 0.4) is 0 Å². The van der Waals surface area contributed by atoms with Gasteiger partial charge in [0, 0.05) is 40.0 Å². The monoisotopic (exact) mass is 427 g/mol. The van der Waals surface area contributed by atoms with Gasteiger partial charge >= 0.3 is 5.91 Å². The number of ether oxygens (including phenoxy) is 1. The van der Waals surface area contributed by atoms with E-state index in [1.165, 1.54) is 13.3 Å². The lowest BCUT2D eigenvalue weighted by Crippen LogP contribution is -2.30. The Kier molecular flexibility index (Phi) is 5.63. The SMILES string of the molecule is COc1ccnc(NNC(=O)c2oc3ccccc3c2CSc2nc(C)cs2)n1. The normalized spacial score (nSPS) is 10.8. The van der Waals surface area contributed by atoms with E-state index in [4.69, 9.17) is 9.15 Å². The second-order valence-corrected chi connectivity index (χ2v) is 8.03. The molecule has 0 bridgehead atoms. The minimum atomic E-state index is -0.418. The summed E-state index contributed by atoms with van der Waals surface area (Å²) < 4.78 is 11.8. The van der Waals surface area contributed by atoms with E-state index < -0.39 is 5.91 Å². The molecule has 0 spiro atoms. The number of methoxy groups -OCH3 is 1. The number of thioether (sulfide) groups is 1. The molecule has 4 aromatic rings. The van der Waals surface area contributed by atoms with Crippen molar-refractivity contribution in [1.29, 1.82) is 0 Å². The zero-order valence-electron chi connectivity index (χ0n) is 15.6. The molecular formula is C19H17N5O3S2. The van der Waals surface area contributed by atoms with Gasteiger partial charge in [0.25, 0.3) is 0 Å². The molecule has 0 unspecified atom stereocenters. The van der Waals surface area contributed by atoms with Crippen molar-refractivity contribution < 1.29 is 13.9 Å². The molecule has 29 heavy (non-hydrogen) atoms. The number of rotatable bonds is 7. The Labute approximate surface area is 174 Å². The van der Waals surface area contributed by atoms with Crippen LogP contribution >= 0.6 is 23.1 Å². The number of anilines is 1. The van der Waals surface area contributed by atoms with E-state index in [9.17, 15) is 4.79 Å². The minimum Gasteiger partial charge on any atom is -0.481 e. The molecule has 1 aromatic carbocycles. The molecule has 2 N–H and O–H groups in total. The van der Waals surface area contributed by atoms with Gasteiger partial charge in [-0.3, -0.25) is 15.6 Å². The third kappa shape index (κ3) is 4.33. The number of fused-ring (bicyclic) bond motifs is 1. The van der Waals surface area contributed by atoms with Gasteiger partial charge in [0.2, 0.25) is 11.8 Å². The van der Waals surface area contributed by atoms with Crippen LogP contribution < -0.4 is 15.6 Å². The summed E-state index contributed by atoms with van der Waals surface area (Å²) in [6.07, 6.45) is 1.53. The molecule has 0 atom stereocenters. The highest BCUT2D eigenvalue weighted by molar-refractivity contribution is 8.00. The zero-order chi connectivity index (χ0) is 20.2. The van der Waals surface area contributed by atoms with Gasteiger partial charge in [-0.25, -0.2) is 9.97 Å². The Morgan fingerprint density at radius 3 is 2.93 bits per heavy atom. The van der Waals surface area contributed by atoms with Gasteiger partial charge in [-0.1, -0.05) is 30.0 Å². The number of hydrazine groups is 1. The average molecular weight is 428 g/mol. The molecule has 0 aliphatic rings. The number of aryl methyl sites for hydroxylation is 1. The predicted octanol–water partition coefficient (Wildman–Crippen LogP) is 4.05. The second-order valence-electron chi connectivity index (χ2n) is 5.95. The Bertz CT molecular complexity index is 1160. The number of benzene rings is 1. The Morgan fingerprint density at radius 2 is 2.14 bits per heavy atom. The van der Waals surface area contributed by atoms with Gasteiger partial charge in [0.15, 0.2) is 5.76 Å². The lowest BCUT2D eigenvalue weighted by atomic mass is 10.1. The summed E-state index contributed by atoms with van der Waals surface area (Å²) in [5.41, 5.74) is 7.72. The van der Waals surface area contributed by atoms with Crippen molar-refractivity contribution in [3.8, 4) is 5.88 Å². The summed E-state index contributed by atoms with van der Waals surface area (Å²) in [4.78, 5) is 25.4. The molecule has 0 saturated heterocycles. The largest absolute Gasteiger partial charge is 0.481 e. The van der Waals surface area contributed by atoms with Crippen LogP contribution in [0.1, 0.15) is 21.8 Å². The molecule has 10 heteroatoms. The lowest BCUT2D eigenvalue weighted by molar-refractivity contribution is 0.0936. The third-order valence-corrected chi connectivity index (χ3v) is 6.13.